The van der Waals surface area contributed by atoms with Gasteiger partial charge in [-0.1, -0.05) is 51.6 Å². The lowest BCUT2D eigenvalue weighted by Crippen LogP contribution is -2.41. The van der Waals surface area contributed by atoms with E-state index in [1.165, 1.54) is 12.0 Å². The quantitative estimate of drug-likeness (QED) is 0.556. The van der Waals surface area contributed by atoms with E-state index >= 15 is 0 Å². The maximum atomic E-state index is 9.65. The molecule has 0 radical (unpaired) electrons. The lowest BCUT2D eigenvalue weighted by molar-refractivity contribution is 0.126. The molecule has 2 heteroatoms. The molecule has 2 rings (SSSR count). The molecule has 0 spiro atoms. The molecule has 2 N–H and O–H groups in total. The van der Waals surface area contributed by atoms with Gasteiger partial charge in [-0.2, -0.15) is 0 Å². The topological polar surface area (TPSA) is 40.5 Å². The molecule has 1 aromatic carbocycles. The Bertz CT molecular complexity index is 607. The number of aliphatic hydroxyl groups excluding tert-OH is 1. The van der Waals surface area contributed by atoms with Crippen LogP contribution in [0.3, 0.4) is 0 Å². The van der Waals surface area contributed by atoms with E-state index in [-0.39, 0.29) is 16.6 Å². The minimum absolute atomic E-state index is 0.143. The van der Waals surface area contributed by atoms with Crippen LogP contribution in [-0.2, 0) is 5.41 Å². The minimum atomic E-state index is -0.143. The van der Waals surface area contributed by atoms with Crippen molar-refractivity contribution in [2.45, 2.75) is 45.4 Å². The fourth-order valence-electron chi connectivity index (χ4n) is 4.53. The molecule has 2 unspecified atom stereocenters. The van der Waals surface area contributed by atoms with Gasteiger partial charge in [-0.3, -0.25) is 0 Å². The van der Waals surface area contributed by atoms with Gasteiger partial charge in [0.05, 0.1) is 6.26 Å². The number of aromatic hydroxyl groups is 1. The van der Waals surface area contributed by atoms with Crippen LogP contribution < -0.4 is 0 Å². The molecular formula is C21H28O2. The van der Waals surface area contributed by atoms with Crippen molar-refractivity contribution in [3.05, 3.63) is 66.5 Å². The van der Waals surface area contributed by atoms with Crippen LogP contribution in [-0.4, -0.2) is 10.2 Å². The Morgan fingerprint density at radius 3 is 2.39 bits per heavy atom. The fourth-order valence-corrected chi connectivity index (χ4v) is 4.53. The molecule has 1 saturated carbocycles. The first-order valence-electron chi connectivity index (χ1n) is 8.26. The van der Waals surface area contributed by atoms with Crippen molar-refractivity contribution in [3.63, 3.8) is 0 Å². The van der Waals surface area contributed by atoms with Gasteiger partial charge in [-0.25, -0.2) is 0 Å². The largest absolute Gasteiger partial charge is 0.516 e. The number of allylic oxidation sites excluding steroid dienone is 4. The summed E-state index contributed by atoms with van der Waals surface area (Å²) in [6, 6.07) is 7.55. The van der Waals surface area contributed by atoms with Gasteiger partial charge in [0, 0.05) is 5.41 Å². The van der Waals surface area contributed by atoms with E-state index < -0.39 is 0 Å². The van der Waals surface area contributed by atoms with Crippen molar-refractivity contribution in [3.8, 4) is 5.75 Å². The van der Waals surface area contributed by atoms with E-state index in [0.29, 0.717) is 5.92 Å². The number of aliphatic hydroxyl groups is 1. The van der Waals surface area contributed by atoms with Gasteiger partial charge >= 0.3 is 0 Å². The highest BCUT2D eigenvalue weighted by atomic mass is 16.3. The summed E-state index contributed by atoms with van der Waals surface area (Å²) in [6.07, 6.45) is 9.84. The predicted molar refractivity (Wildman–Crippen MR) is 96.6 cm³/mol. The SMILES string of the molecule is C=C/C(=C\C=C\O)C1(c2ccc(O)cc2)CC(C)CC(C)(C)C1. The molecule has 0 heterocycles. The van der Waals surface area contributed by atoms with E-state index in [1.807, 2.05) is 24.3 Å². The summed E-state index contributed by atoms with van der Waals surface area (Å²) in [6.45, 7) is 11.0. The van der Waals surface area contributed by atoms with Crippen LogP contribution in [0.4, 0.5) is 0 Å². The Balaban J connectivity index is 2.63. The van der Waals surface area contributed by atoms with E-state index in [4.69, 9.17) is 5.11 Å². The normalized spacial score (nSPS) is 28.0. The zero-order chi connectivity index (χ0) is 17.1. The molecule has 0 aliphatic heterocycles. The zero-order valence-electron chi connectivity index (χ0n) is 14.4. The lowest BCUT2D eigenvalue weighted by Gasteiger charge is -2.49. The predicted octanol–water partition coefficient (Wildman–Crippen LogP) is 5.66. The van der Waals surface area contributed by atoms with Crippen molar-refractivity contribution >= 4 is 0 Å². The van der Waals surface area contributed by atoms with Crippen LogP contribution in [0.5, 0.6) is 5.75 Å². The smallest absolute Gasteiger partial charge is 0.115 e. The van der Waals surface area contributed by atoms with Gasteiger partial charge in [0.25, 0.3) is 0 Å². The summed E-state index contributed by atoms with van der Waals surface area (Å²) in [5.41, 5.74) is 2.40. The van der Waals surface area contributed by atoms with Gasteiger partial charge in [-0.05, 0) is 59.9 Å². The first kappa shape index (κ1) is 17.4. The van der Waals surface area contributed by atoms with Crippen molar-refractivity contribution in [2.24, 2.45) is 11.3 Å². The van der Waals surface area contributed by atoms with Gasteiger partial charge in [0.2, 0.25) is 0 Å². The second kappa shape index (κ2) is 6.66. The molecule has 2 atom stereocenters. The number of benzene rings is 1. The van der Waals surface area contributed by atoms with Crippen molar-refractivity contribution in [1.29, 1.82) is 0 Å². The first-order chi connectivity index (χ1) is 10.8. The molecule has 0 saturated heterocycles. The molecular weight excluding hydrogens is 284 g/mol. The molecule has 1 fully saturated rings. The van der Waals surface area contributed by atoms with Gasteiger partial charge in [-0.15, -0.1) is 0 Å². The number of hydrogen-bond donors (Lipinski definition) is 2. The Hall–Kier alpha value is -1.96. The molecule has 2 nitrogen and oxygen atoms in total. The van der Waals surface area contributed by atoms with Gasteiger partial charge in [0.1, 0.15) is 5.75 Å². The summed E-state index contributed by atoms with van der Waals surface area (Å²) in [7, 11) is 0. The highest BCUT2D eigenvalue weighted by Gasteiger charge is 2.45. The standard InChI is InChI=1S/C21H28O2/c1-5-17(7-6-12-22)21(18-8-10-19(23)11-9-18)14-16(2)13-20(3,4)15-21/h5-12,16,22-23H,1,13-15H2,2-4H3/b12-6+,17-7+. The van der Waals surface area contributed by atoms with E-state index in [1.54, 1.807) is 18.2 Å². The highest BCUT2D eigenvalue weighted by Crippen LogP contribution is 2.54. The molecule has 1 aliphatic carbocycles. The number of rotatable bonds is 4. The summed E-state index contributed by atoms with van der Waals surface area (Å²) in [5, 5.41) is 18.7. The third-order valence-electron chi connectivity index (χ3n) is 4.93. The van der Waals surface area contributed by atoms with Gasteiger partial charge < -0.3 is 10.2 Å². The van der Waals surface area contributed by atoms with Crippen molar-refractivity contribution in [2.75, 3.05) is 0 Å². The number of phenols is 1. The third-order valence-corrected chi connectivity index (χ3v) is 4.93. The van der Waals surface area contributed by atoms with E-state index in [2.05, 4.69) is 27.4 Å². The molecule has 1 aromatic rings. The number of hydrogen-bond acceptors (Lipinski definition) is 2. The Labute approximate surface area is 139 Å². The fraction of sp³-hybridized carbons (Fsp3) is 0.429. The van der Waals surface area contributed by atoms with Crippen LogP contribution >= 0.6 is 0 Å². The molecule has 0 bridgehead atoms. The van der Waals surface area contributed by atoms with E-state index in [0.717, 1.165) is 24.7 Å². The summed E-state index contributed by atoms with van der Waals surface area (Å²) >= 11 is 0. The second-order valence-corrected chi connectivity index (χ2v) is 7.65. The average molecular weight is 312 g/mol. The molecule has 0 aromatic heterocycles. The number of phenolic OH excluding ortho intramolecular Hbond substituents is 1. The van der Waals surface area contributed by atoms with Crippen LogP contribution in [0.2, 0.25) is 0 Å². The van der Waals surface area contributed by atoms with Crippen LogP contribution in [0, 0.1) is 11.3 Å². The summed E-state index contributed by atoms with van der Waals surface area (Å²) in [4.78, 5) is 0. The summed E-state index contributed by atoms with van der Waals surface area (Å²) in [5.74, 6) is 0.875. The molecule has 23 heavy (non-hydrogen) atoms. The Morgan fingerprint density at radius 1 is 1.22 bits per heavy atom. The lowest BCUT2D eigenvalue weighted by atomic mass is 9.55. The highest BCUT2D eigenvalue weighted by molar-refractivity contribution is 5.45. The van der Waals surface area contributed by atoms with Crippen LogP contribution in [0.1, 0.15) is 45.6 Å². The van der Waals surface area contributed by atoms with Gasteiger partial charge in [0.15, 0.2) is 0 Å². The molecule has 1 aliphatic rings. The Morgan fingerprint density at radius 2 is 1.87 bits per heavy atom. The Kier molecular flexibility index (Phi) is 5.03. The summed E-state index contributed by atoms with van der Waals surface area (Å²) < 4.78 is 0. The third kappa shape index (κ3) is 3.69. The van der Waals surface area contributed by atoms with Crippen molar-refractivity contribution in [1.82, 2.24) is 0 Å². The van der Waals surface area contributed by atoms with E-state index in [9.17, 15) is 5.11 Å². The van der Waals surface area contributed by atoms with Crippen LogP contribution in [0.15, 0.2) is 60.9 Å². The maximum absolute atomic E-state index is 9.65. The minimum Gasteiger partial charge on any atom is -0.516 e. The molecule has 0 amide bonds. The van der Waals surface area contributed by atoms with Crippen LogP contribution in [0.25, 0.3) is 0 Å². The molecule has 124 valence electrons. The average Bonchev–Trinajstić information content (AvgIpc) is 2.46. The zero-order valence-corrected chi connectivity index (χ0v) is 14.4. The van der Waals surface area contributed by atoms with Crippen molar-refractivity contribution < 1.29 is 10.2 Å². The maximum Gasteiger partial charge on any atom is 0.115 e. The first-order valence-corrected chi connectivity index (χ1v) is 8.26. The second-order valence-electron chi connectivity index (χ2n) is 7.65. The monoisotopic (exact) mass is 312 g/mol.